The summed E-state index contributed by atoms with van der Waals surface area (Å²) in [7, 11) is 0. The summed E-state index contributed by atoms with van der Waals surface area (Å²) in [6.45, 7) is 0. The average Bonchev–Trinajstić information content (AvgIpc) is 2.56. The second-order valence-corrected chi connectivity index (χ2v) is 3.74. The Morgan fingerprint density at radius 3 is 2.83 bits per heavy atom. The number of rotatable bonds is 1. The van der Waals surface area contributed by atoms with Crippen LogP contribution in [0.3, 0.4) is 0 Å². The van der Waals surface area contributed by atoms with Crippen LogP contribution in [0.15, 0.2) is 12.3 Å². The molecule has 3 heteroatoms. The normalized spacial score (nSPS) is 18.3. The quantitative estimate of drug-likeness (QED) is 0.673. The van der Waals surface area contributed by atoms with Crippen molar-refractivity contribution in [2.75, 3.05) is 0 Å². The van der Waals surface area contributed by atoms with E-state index in [1.54, 1.807) is 6.20 Å². The first kappa shape index (κ1) is 7.92. The highest BCUT2D eigenvalue weighted by Crippen LogP contribution is 2.31. The van der Waals surface area contributed by atoms with E-state index in [0.717, 1.165) is 10.5 Å². The van der Waals surface area contributed by atoms with Crippen LogP contribution in [0.1, 0.15) is 37.4 Å². The molecule has 1 saturated carbocycles. The molecule has 0 spiro atoms. The number of hydrogen-bond acceptors (Lipinski definition) is 2. The van der Waals surface area contributed by atoms with Crippen LogP contribution in [0.4, 0.5) is 0 Å². The number of hydrogen-bond donors (Lipinski definition) is 1. The van der Waals surface area contributed by atoms with Gasteiger partial charge in [-0.25, -0.2) is 4.98 Å². The summed E-state index contributed by atoms with van der Waals surface area (Å²) in [6, 6.07) is 1.83. The second-order valence-electron chi connectivity index (χ2n) is 3.30. The Labute approximate surface area is 77.0 Å². The largest absolute Gasteiger partial charge is 0.335 e. The summed E-state index contributed by atoms with van der Waals surface area (Å²) >= 11 is 5.04. The van der Waals surface area contributed by atoms with Crippen molar-refractivity contribution in [3.05, 3.63) is 22.7 Å². The van der Waals surface area contributed by atoms with Crippen molar-refractivity contribution in [3.63, 3.8) is 0 Å². The van der Waals surface area contributed by atoms with Gasteiger partial charge in [0.15, 0.2) is 0 Å². The van der Waals surface area contributed by atoms with Crippen LogP contribution >= 0.6 is 12.2 Å². The van der Waals surface area contributed by atoms with Gasteiger partial charge >= 0.3 is 0 Å². The van der Waals surface area contributed by atoms with Gasteiger partial charge in [-0.05, 0) is 18.9 Å². The number of aromatic amines is 1. The average molecular weight is 180 g/mol. The van der Waals surface area contributed by atoms with Crippen LogP contribution in [-0.4, -0.2) is 9.97 Å². The Kier molecular flexibility index (Phi) is 2.21. The minimum Gasteiger partial charge on any atom is -0.335 e. The fourth-order valence-electron chi connectivity index (χ4n) is 1.79. The molecule has 0 saturated heterocycles. The Morgan fingerprint density at radius 1 is 1.42 bits per heavy atom. The van der Waals surface area contributed by atoms with Gasteiger partial charge in [0.05, 0.1) is 0 Å². The highest BCUT2D eigenvalue weighted by atomic mass is 32.1. The maximum atomic E-state index is 5.04. The lowest BCUT2D eigenvalue weighted by molar-refractivity contribution is 0.666. The molecular formula is C9H12N2S. The lowest BCUT2D eigenvalue weighted by atomic mass is 10.1. The molecule has 0 unspecified atom stereocenters. The number of nitrogens with one attached hydrogen (secondary N) is 1. The van der Waals surface area contributed by atoms with Gasteiger partial charge in [-0.3, -0.25) is 0 Å². The van der Waals surface area contributed by atoms with Crippen LogP contribution in [0.25, 0.3) is 0 Å². The van der Waals surface area contributed by atoms with Crippen molar-refractivity contribution in [1.29, 1.82) is 0 Å². The van der Waals surface area contributed by atoms with E-state index in [-0.39, 0.29) is 0 Å². The lowest BCUT2D eigenvalue weighted by Crippen LogP contribution is -1.99. The van der Waals surface area contributed by atoms with Gasteiger partial charge in [0, 0.05) is 12.1 Å². The molecule has 1 N–H and O–H groups in total. The predicted octanol–water partition coefficient (Wildman–Crippen LogP) is 2.80. The molecule has 64 valence electrons. The molecule has 0 radical (unpaired) electrons. The molecule has 1 aromatic rings. The van der Waals surface area contributed by atoms with E-state index in [2.05, 4.69) is 9.97 Å². The van der Waals surface area contributed by atoms with Crippen molar-refractivity contribution in [3.8, 4) is 0 Å². The highest BCUT2D eigenvalue weighted by molar-refractivity contribution is 7.71. The molecule has 2 rings (SSSR count). The van der Waals surface area contributed by atoms with Gasteiger partial charge in [-0.2, -0.15) is 0 Å². The third-order valence-corrected chi connectivity index (χ3v) is 2.67. The first-order chi connectivity index (χ1) is 5.86. The Morgan fingerprint density at radius 2 is 2.17 bits per heavy atom. The van der Waals surface area contributed by atoms with Gasteiger partial charge in [0.1, 0.15) is 10.5 Å². The molecule has 1 aromatic heterocycles. The predicted molar refractivity (Wildman–Crippen MR) is 50.6 cm³/mol. The summed E-state index contributed by atoms with van der Waals surface area (Å²) < 4.78 is 0.798. The Bertz CT molecular complexity index is 312. The highest BCUT2D eigenvalue weighted by Gasteiger charge is 2.18. The molecule has 1 aliphatic rings. The van der Waals surface area contributed by atoms with E-state index in [1.807, 2.05) is 6.07 Å². The van der Waals surface area contributed by atoms with Gasteiger partial charge in [-0.15, -0.1) is 0 Å². The maximum Gasteiger partial charge on any atom is 0.110 e. The van der Waals surface area contributed by atoms with Crippen molar-refractivity contribution >= 4 is 12.2 Å². The van der Waals surface area contributed by atoms with E-state index in [1.165, 1.54) is 25.7 Å². The molecule has 0 bridgehead atoms. The zero-order valence-corrected chi connectivity index (χ0v) is 7.73. The molecule has 1 heterocycles. The molecule has 0 amide bonds. The van der Waals surface area contributed by atoms with Crippen molar-refractivity contribution < 1.29 is 0 Å². The number of H-pyrrole nitrogens is 1. The van der Waals surface area contributed by atoms with E-state index in [9.17, 15) is 0 Å². The molecule has 0 atom stereocenters. The van der Waals surface area contributed by atoms with Crippen LogP contribution in [-0.2, 0) is 0 Å². The van der Waals surface area contributed by atoms with Crippen LogP contribution in [0.2, 0.25) is 0 Å². The van der Waals surface area contributed by atoms with Crippen LogP contribution in [0.5, 0.6) is 0 Å². The fourth-order valence-corrected chi connectivity index (χ4v) is 1.96. The van der Waals surface area contributed by atoms with Crippen LogP contribution < -0.4 is 0 Å². The van der Waals surface area contributed by atoms with Gasteiger partial charge in [0.2, 0.25) is 0 Å². The maximum absolute atomic E-state index is 5.04. The summed E-state index contributed by atoms with van der Waals surface area (Å²) in [5.74, 6) is 1.72. The summed E-state index contributed by atoms with van der Waals surface area (Å²) in [5, 5.41) is 0. The first-order valence-electron chi connectivity index (χ1n) is 4.41. The molecule has 12 heavy (non-hydrogen) atoms. The van der Waals surface area contributed by atoms with Crippen molar-refractivity contribution in [2.45, 2.75) is 31.6 Å². The molecule has 1 fully saturated rings. The number of aromatic nitrogens is 2. The second kappa shape index (κ2) is 3.35. The zero-order valence-electron chi connectivity index (χ0n) is 6.92. The fraction of sp³-hybridized carbons (Fsp3) is 0.556. The van der Waals surface area contributed by atoms with E-state index >= 15 is 0 Å². The van der Waals surface area contributed by atoms with E-state index in [4.69, 9.17) is 12.2 Å². The molecule has 0 aliphatic heterocycles. The zero-order chi connectivity index (χ0) is 8.39. The summed E-state index contributed by atoms with van der Waals surface area (Å²) in [5.41, 5.74) is 0. The smallest absolute Gasteiger partial charge is 0.110 e. The van der Waals surface area contributed by atoms with Gasteiger partial charge in [0.25, 0.3) is 0 Å². The summed E-state index contributed by atoms with van der Waals surface area (Å²) in [4.78, 5) is 7.45. The van der Waals surface area contributed by atoms with Gasteiger partial charge < -0.3 is 4.98 Å². The molecule has 0 aromatic carbocycles. The number of nitrogens with zero attached hydrogens (tertiary/aromatic N) is 1. The molecule has 1 aliphatic carbocycles. The Hall–Kier alpha value is -0.700. The van der Waals surface area contributed by atoms with Crippen molar-refractivity contribution in [2.24, 2.45) is 0 Å². The van der Waals surface area contributed by atoms with Crippen molar-refractivity contribution in [1.82, 2.24) is 9.97 Å². The third kappa shape index (κ3) is 1.55. The topological polar surface area (TPSA) is 28.7 Å². The standard InChI is InChI=1S/C9H12N2S/c12-8-5-6-10-9(11-8)7-3-1-2-4-7/h5-7H,1-4H2,(H,10,11,12). The third-order valence-electron chi connectivity index (χ3n) is 2.43. The monoisotopic (exact) mass is 180 g/mol. The minimum atomic E-state index is 0.632. The lowest BCUT2D eigenvalue weighted by Gasteiger charge is -2.06. The summed E-state index contributed by atoms with van der Waals surface area (Å²) in [6.07, 6.45) is 7.00. The van der Waals surface area contributed by atoms with Gasteiger partial charge in [-0.1, -0.05) is 25.1 Å². The van der Waals surface area contributed by atoms with Crippen LogP contribution in [0, 0.1) is 4.64 Å². The minimum absolute atomic E-state index is 0.632. The first-order valence-corrected chi connectivity index (χ1v) is 4.82. The Balaban J connectivity index is 2.27. The molecule has 2 nitrogen and oxygen atoms in total. The SMILES string of the molecule is S=c1ccnc(C2CCCC2)[nH]1. The van der Waals surface area contributed by atoms with E-state index in [0.29, 0.717) is 5.92 Å². The molecular weight excluding hydrogens is 168 g/mol. The van der Waals surface area contributed by atoms with E-state index < -0.39 is 0 Å².